The fourth-order valence-electron chi connectivity index (χ4n) is 8.44. The summed E-state index contributed by atoms with van der Waals surface area (Å²) in [6, 6.07) is 17.6. The molecule has 3 aromatic rings. The molecule has 2 aromatic carbocycles. The third-order valence-electron chi connectivity index (χ3n) is 11.4. The van der Waals surface area contributed by atoms with Crippen LogP contribution in [-0.4, -0.2) is 83.6 Å². The minimum Gasteiger partial charge on any atom is -0.507 e. The Balaban J connectivity index is 0.901. The summed E-state index contributed by atoms with van der Waals surface area (Å²) in [5.74, 6) is 2.30. The number of likely N-dealkylation sites (tertiary alicyclic amines) is 1. The number of anilines is 2. The number of piperidine rings is 2. The molecule has 0 bridgehead atoms. The predicted molar refractivity (Wildman–Crippen MR) is 208 cm³/mol. The van der Waals surface area contributed by atoms with Gasteiger partial charge >= 0.3 is 0 Å². The summed E-state index contributed by atoms with van der Waals surface area (Å²) in [6.07, 6.45) is 16.1. The van der Waals surface area contributed by atoms with Crippen molar-refractivity contribution in [3.63, 3.8) is 0 Å². The minimum absolute atomic E-state index is 0.0457. The Morgan fingerprint density at radius 1 is 0.925 bits per heavy atom. The lowest BCUT2D eigenvalue weighted by Crippen LogP contribution is -2.54. The number of imide groups is 1. The standard InChI is InChI=1S/C42H49N7O4/c1-47(22-20-31(43)11-14-35(44)34-5-2-3-8-38(34)50)39-27-30(17-21-45-39)28-18-23-48(24-19-28)32-12-9-29(10-13-32)33-6-4-7-36-41(33)53-26-25-49(36)37-15-16-40(51)46-42(37)52/h2-8,11,14,17,20-22,27-29,32,37,43-44,50H,9-10,12-13,15-16,18-19,23-26H2,1H3,(H,46,51,52)/b14-11-,22-20-,43-31?,44-35?. The van der Waals surface area contributed by atoms with Gasteiger partial charge < -0.3 is 35.4 Å². The number of amides is 2. The van der Waals surface area contributed by atoms with Crippen LogP contribution in [0.4, 0.5) is 11.5 Å². The molecule has 11 nitrogen and oxygen atoms in total. The number of rotatable bonds is 10. The van der Waals surface area contributed by atoms with E-state index in [9.17, 15) is 14.7 Å². The molecule has 0 spiro atoms. The maximum absolute atomic E-state index is 12.7. The molecule has 1 aromatic heterocycles. The predicted octanol–water partition coefficient (Wildman–Crippen LogP) is 6.29. The van der Waals surface area contributed by atoms with Gasteiger partial charge in [-0.3, -0.25) is 14.9 Å². The molecule has 3 aliphatic heterocycles. The first-order valence-corrected chi connectivity index (χ1v) is 18.9. The number of para-hydroxylation sites is 2. The number of pyridine rings is 1. The average Bonchev–Trinajstić information content (AvgIpc) is 3.19. The monoisotopic (exact) mass is 715 g/mol. The Morgan fingerprint density at radius 2 is 1.72 bits per heavy atom. The molecule has 11 heteroatoms. The van der Waals surface area contributed by atoms with Crippen molar-refractivity contribution < 1.29 is 19.4 Å². The lowest BCUT2D eigenvalue weighted by atomic mass is 9.79. The third kappa shape index (κ3) is 8.20. The molecular weight excluding hydrogens is 667 g/mol. The number of hydrogen-bond donors (Lipinski definition) is 4. The Hall–Kier alpha value is -5.29. The molecule has 276 valence electrons. The number of allylic oxidation sites excluding steroid dienone is 3. The maximum Gasteiger partial charge on any atom is 0.249 e. The molecule has 1 saturated carbocycles. The van der Waals surface area contributed by atoms with Crippen molar-refractivity contribution in [3.05, 3.63) is 102 Å². The van der Waals surface area contributed by atoms with E-state index >= 15 is 0 Å². The van der Waals surface area contributed by atoms with Crippen molar-refractivity contribution in [1.82, 2.24) is 15.2 Å². The normalized spacial score (nSPS) is 22.7. The number of ether oxygens (including phenoxy) is 1. The Labute approximate surface area is 311 Å². The number of carbonyl (C=O) groups excluding carboxylic acids is 2. The van der Waals surface area contributed by atoms with Crippen LogP contribution in [-0.2, 0) is 9.59 Å². The summed E-state index contributed by atoms with van der Waals surface area (Å²) in [7, 11) is 1.92. The molecule has 1 unspecified atom stereocenters. The van der Waals surface area contributed by atoms with Crippen molar-refractivity contribution in [3.8, 4) is 11.5 Å². The molecular formula is C42H49N7O4. The fourth-order valence-corrected chi connectivity index (χ4v) is 8.44. The molecule has 1 atom stereocenters. The van der Waals surface area contributed by atoms with E-state index in [1.807, 2.05) is 24.3 Å². The molecule has 53 heavy (non-hydrogen) atoms. The van der Waals surface area contributed by atoms with E-state index in [1.165, 1.54) is 17.2 Å². The highest BCUT2D eigenvalue weighted by Gasteiger charge is 2.37. The number of carbonyl (C=O) groups is 2. The van der Waals surface area contributed by atoms with E-state index in [-0.39, 0.29) is 35.0 Å². The number of phenols is 1. The van der Waals surface area contributed by atoms with Crippen LogP contribution in [0, 0.1) is 10.8 Å². The van der Waals surface area contributed by atoms with Crippen LogP contribution in [0.3, 0.4) is 0 Å². The molecule has 4 N–H and O–H groups in total. The summed E-state index contributed by atoms with van der Waals surface area (Å²) >= 11 is 0. The Morgan fingerprint density at radius 3 is 2.49 bits per heavy atom. The highest BCUT2D eigenvalue weighted by atomic mass is 16.5. The number of fused-ring (bicyclic) bond motifs is 1. The van der Waals surface area contributed by atoms with E-state index in [0.29, 0.717) is 49.4 Å². The van der Waals surface area contributed by atoms with Crippen LogP contribution >= 0.6 is 0 Å². The largest absolute Gasteiger partial charge is 0.507 e. The highest BCUT2D eigenvalue weighted by molar-refractivity contribution is 6.13. The van der Waals surface area contributed by atoms with Crippen molar-refractivity contribution in [2.24, 2.45) is 0 Å². The van der Waals surface area contributed by atoms with Crippen LogP contribution in [0.1, 0.15) is 79.9 Å². The summed E-state index contributed by atoms with van der Waals surface area (Å²) in [4.78, 5) is 35.8. The second kappa shape index (κ2) is 16.2. The van der Waals surface area contributed by atoms with Gasteiger partial charge in [0.25, 0.3) is 0 Å². The number of aromatic hydroxyl groups is 1. The molecule has 2 amide bonds. The van der Waals surface area contributed by atoms with Gasteiger partial charge in [-0.25, -0.2) is 4.98 Å². The summed E-state index contributed by atoms with van der Waals surface area (Å²) < 4.78 is 6.28. The van der Waals surface area contributed by atoms with E-state index in [4.69, 9.17) is 15.6 Å². The maximum atomic E-state index is 12.7. The number of aromatic nitrogens is 1. The minimum atomic E-state index is -0.338. The zero-order valence-corrected chi connectivity index (χ0v) is 30.3. The number of nitrogens with zero attached hydrogens (tertiary/aromatic N) is 4. The van der Waals surface area contributed by atoms with Crippen LogP contribution in [0.2, 0.25) is 0 Å². The number of phenolic OH excluding ortho intramolecular Hbond substituents is 1. The van der Waals surface area contributed by atoms with Crippen molar-refractivity contribution in [2.75, 3.05) is 43.1 Å². The average molecular weight is 716 g/mol. The van der Waals surface area contributed by atoms with Gasteiger partial charge in [-0.05, 0) is 130 Å². The van der Waals surface area contributed by atoms with E-state index in [0.717, 1.165) is 68.9 Å². The zero-order valence-electron chi connectivity index (χ0n) is 30.3. The molecule has 0 radical (unpaired) electrons. The fraction of sp³-hybridized carbons (Fsp3) is 0.405. The van der Waals surface area contributed by atoms with Crippen LogP contribution in [0.5, 0.6) is 11.5 Å². The van der Waals surface area contributed by atoms with Gasteiger partial charge in [0.2, 0.25) is 11.8 Å². The quantitative estimate of drug-likeness (QED) is 0.142. The van der Waals surface area contributed by atoms with Crippen molar-refractivity contribution in [2.45, 2.75) is 75.3 Å². The van der Waals surface area contributed by atoms with Gasteiger partial charge in [0, 0.05) is 37.5 Å². The van der Waals surface area contributed by atoms with Gasteiger partial charge in [-0.1, -0.05) is 24.3 Å². The van der Waals surface area contributed by atoms with Gasteiger partial charge in [-0.15, -0.1) is 0 Å². The molecule has 7 rings (SSSR count). The van der Waals surface area contributed by atoms with Crippen molar-refractivity contribution >= 4 is 34.7 Å². The lowest BCUT2D eigenvalue weighted by molar-refractivity contribution is -0.134. The first-order valence-electron chi connectivity index (χ1n) is 18.9. The number of hydrogen-bond acceptors (Lipinski definition) is 10. The smallest absolute Gasteiger partial charge is 0.249 e. The lowest BCUT2D eigenvalue weighted by Gasteiger charge is -2.42. The number of benzene rings is 2. The Bertz CT molecular complexity index is 1910. The SMILES string of the molecule is CN(/C=C\C(=N)/C=C\C(=N)c1ccccc1O)c1cc(C2CCN(C3CCC(c4cccc5c4OCCN5C4CCC(=O)NC4=O)CC3)CC2)ccn1. The Kier molecular flexibility index (Phi) is 11.0. The van der Waals surface area contributed by atoms with Crippen molar-refractivity contribution in [1.29, 1.82) is 10.8 Å². The molecule has 3 fully saturated rings. The first kappa shape index (κ1) is 36.1. The van der Waals surface area contributed by atoms with Crippen LogP contribution in [0.15, 0.2) is 85.2 Å². The molecule has 4 aliphatic rings. The molecule has 4 heterocycles. The van der Waals surface area contributed by atoms with E-state index in [1.54, 1.807) is 36.4 Å². The highest BCUT2D eigenvalue weighted by Crippen LogP contribution is 2.45. The zero-order chi connectivity index (χ0) is 36.9. The molecule has 1 aliphatic carbocycles. The second-order valence-corrected chi connectivity index (χ2v) is 14.6. The summed E-state index contributed by atoms with van der Waals surface area (Å²) in [5.41, 5.74) is 4.33. The van der Waals surface area contributed by atoms with Gasteiger partial charge in [0.1, 0.15) is 30.0 Å². The van der Waals surface area contributed by atoms with E-state index < -0.39 is 0 Å². The van der Waals surface area contributed by atoms with Crippen LogP contribution in [0.25, 0.3) is 0 Å². The summed E-state index contributed by atoms with van der Waals surface area (Å²) in [6.45, 7) is 3.34. The topological polar surface area (TPSA) is 146 Å². The van der Waals surface area contributed by atoms with Crippen LogP contribution < -0.4 is 19.9 Å². The summed E-state index contributed by atoms with van der Waals surface area (Å²) in [5, 5.41) is 29.0. The van der Waals surface area contributed by atoms with Gasteiger partial charge in [0.05, 0.1) is 23.7 Å². The number of nitrogens with one attached hydrogen (secondary N) is 3. The van der Waals surface area contributed by atoms with E-state index in [2.05, 4.69) is 50.4 Å². The third-order valence-corrected chi connectivity index (χ3v) is 11.4. The second-order valence-electron chi connectivity index (χ2n) is 14.6. The first-order chi connectivity index (χ1) is 25.7. The van der Waals surface area contributed by atoms with Gasteiger partial charge in [-0.2, -0.15) is 0 Å². The molecule has 2 saturated heterocycles. The van der Waals surface area contributed by atoms with Gasteiger partial charge in [0.15, 0.2) is 0 Å².